The molecule has 2 aromatic carbocycles. The molecule has 0 aliphatic carbocycles. The summed E-state index contributed by atoms with van der Waals surface area (Å²) in [6, 6.07) is 32.6. The Bertz CT molecular complexity index is 4160. The van der Waals surface area contributed by atoms with E-state index in [9.17, 15) is 15.3 Å². The van der Waals surface area contributed by atoms with Crippen molar-refractivity contribution >= 4 is 50.6 Å². The fourth-order valence-corrected chi connectivity index (χ4v) is 13.1. The quantitative estimate of drug-likeness (QED) is 0.0994. The lowest BCUT2D eigenvalue weighted by molar-refractivity contribution is 0.355. The molecular formula is C70H78N18O3. The van der Waals surface area contributed by atoms with Crippen molar-refractivity contribution in [2.45, 2.75) is 67.7 Å². The van der Waals surface area contributed by atoms with Crippen LogP contribution in [0.5, 0.6) is 17.2 Å². The predicted molar refractivity (Wildman–Crippen MR) is 358 cm³/mol. The minimum atomic E-state index is 0.0531. The van der Waals surface area contributed by atoms with Crippen molar-refractivity contribution in [1.29, 1.82) is 0 Å². The summed E-state index contributed by atoms with van der Waals surface area (Å²) in [6.45, 7) is 21.6. The second-order valence-electron chi connectivity index (χ2n) is 25.6. The van der Waals surface area contributed by atoms with Gasteiger partial charge >= 0.3 is 0 Å². The van der Waals surface area contributed by atoms with Crippen LogP contribution in [0, 0.1) is 42.4 Å². The largest absolute Gasteiger partial charge is 0.506 e. The number of nitrogens with zero attached hydrogens (tertiary/aromatic N) is 17. The molecule has 12 heterocycles. The molecule has 11 aromatic rings. The lowest BCUT2D eigenvalue weighted by atomic mass is 9.92. The van der Waals surface area contributed by atoms with E-state index in [0.29, 0.717) is 75.4 Å². The lowest BCUT2D eigenvalue weighted by Crippen LogP contribution is -2.39. The molecule has 0 radical (unpaired) electrons. The zero-order valence-corrected chi connectivity index (χ0v) is 53.1. The van der Waals surface area contributed by atoms with Gasteiger partial charge in [0.25, 0.3) is 0 Å². The average molecular weight is 1220 g/mol. The molecule has 466 valence electrons. The van der Waals surface area contributed by atoms with Crippen LogP contribution in [0.2, 0.25) is 0 Å². The van der Waals surface area contributed by atoms with E-state index in [2.05, 4.69) is 122 Å². The zero-order chi connectivity index (χ0) is 63.4. The molecule has 21 heteroatoms. The Kier molecular flexibility index (Phi) is 17.8. The van der Waals surface area contributed by atoms with Crippen LogP contribution in [0.4, 0.5) is 28.8 Å². The molecule has 3 aliphatic rings. The van der Waals surface area contributed by atoms with Crippen molar-refractivity contribution < 1.29 is 15.3 Å². The van der Waals surface area contributed by atoms with Gasteiger partial charge in [0, 0.05) is 106 Å². The molecule has 0 amide bonds. The summed E-state index contributed by atoms with van der Waals surface area (Å²) in [6.07, 6.45) is 14.5. The summed E-state index contributed by atoms with van der Waals surface area (Å²) in [7, 11) is 3.82. The monoisotopic (exact) mass is 1220 g/mol. The fourth-order valence-electron chi connectivity index (χ4n) is 13.1. The van der Waals surface area contributed by atoms with Gasteiger partial charge in [0.05, 0.1) is 41.0 Å². The number of hydrogen-bond donors (Lipinski definition) is 4. The Morgan fingerprint density at radius 2 is 0.857 bits per heavy atom. The van der Waals surface area contributed by atoms with E-state index in [1.165, 1.54) is 19.3 Å². The fraction of sp³-hybridized carbons (Fsp3) is 0.343. The minimum Gasteiger partial charge on any atom is -0.506 e. The second-order valence-corrected chi connectivity index (χ2v) is 25.6. The van der Waals surface area contributed by atoms with Gasteiger partial charge in [0.15, 0.2) is 17.5 Å². The molecule has 0 unspecified atom stereocenters. The van der Waals surface area contributed by atoms with Crippen LogP contribution in [-0.2, 0) is 14.1 Å². The molecule has 9 aromatic heterocycles. The number of fused-ring (bicyclic) bond motifs is 2. The second kappa shape index (κ2) is 26.5. The van der Waals surface area contributed by atoms with Gasteiger partial charge < -0.3 is 35.3 Å². The highest BCUT2D eigenvalue weighted by Crippen LogP contribution is 2.36. The molecular weight excluding hydrogens is 1140 g/mol. The molecule has 3 saturated heterocycles. The van der Waals surface area contributed by atoms with Gasteiger partial charge in [-0.25, -0.2) is 15.0 Å². The van der Waals surface area contributed by atoms with E-state index in [0.717, 1.165) is 112 Å². The Morgan fingerprint density at radius 1 is 0.418 bits per heavy atom. The molecule has 3 fully saturated rings. The highest BCUT2D eigenvalue weighted by Gasteiger charge is 2.27. The van der Waals surface area contributed by atoms with E-state index in [1.807, 2.05) is 123 Å². The molecule has 0 spiro atoms. The maximum atomic E-state index is 10.7. The first-order valence-corrected chi connectivity index (χ1v) is 31.3. The number of benzene rings is 2. The first-order valence-electron chi connectivity index (χ1n) is 31.3. The highest BCUT2D eigenvalue weighted by atomic mass is 16.3. The maximum Gasteiger partial charge on any atom is 0.151 e. The molecule has 3 aliphatic heterocycles. The Morgan fingerprint density at radius 3 is 1.29 bits per heavy atom. The van der Waals surface area contributed by atoms with Gasteiger partial charge in [-0.2, -0.15) is 10.2 Å². The van der Waals surface area contributed by atoms with Gasteiger partial charge in [-0.1, -0.05) is 53.7 Å². The van der Waals surface area contributed by atoms with E-state index in [-0.39, 0.29) is 17.2 Å². The van der Waals surface area contributed by atoms with E-state index in [4.69, 9.17) is 0 Å². The number of piperidine rings is 3. The zero-order valence-electron chi connectivity index (χ0n) is 53.1. The number of aromatic nitrogens is 14. The third-order valence-electron chi connectivity index (χ3n) is 17.1. The number of pyridine rings is 4. The van der Waals surface area contributed by atoms with Gasteiger partial charge in [-0.15, -0.1) is 30.6 Å². The van der Waals surface area contributed by atoms with Crippen LogP contribution in [0.15, 0.2) is 140 Å². The van der Waals surface area contributed by atoms with E-state index >= 15 is 0 Å². The normalized spacial score (nSPS) is 19.2. The summed E-state index contributed by atoms with van der Waals surface area (Å²) >= 11 is 0. The number of hydrogen-bond acceptors (Lipinski definition) is 19. The van der Waals surface area contributed by atoms with Crippen LogP contribution in [0.3, 0.4) is 0 Å². The molecule has 21 nitrogen and oxygen atoms in total. The summed E-state index contributed by atoms with van der Waals surface area (Å²) in [5.74, 6) is 6.74. The first-order chi connectivity index (χ1) is 43.9. The molecule has 91 heavy (non-hydrogen) atoms. The number of nitrogens with one attached hydrogen (secondary N) is 1. The standard InChI is InChI=1S/2C24H26N6O.C22H26N6O/c1-15-8-16(2)14-30(13-15)23-7-5-20(27-28-23)24-22(31)10-18(11-25-24)17-4-6-21-19(9-17)12-26-29(21)3;1-15-8-16(2)13-30(12-15)23-7-6-21(26-27-23)24-22(31)10-18(11-25-24)17-4-5-20-19(9-17)14-29(3)28-20;1-14-8-15(2)13-28(12-14)21-7-6-19(26-27-21)22-20(29)9-18(11-24-22)25-17-5-4-16(3)23-10-17/h4-7,9-12,15-16,31H,8,13-14H2,1-3H3;4-7,9-11,14-16,31H,8,12-13H2,1-3H3;4-7,9-11,14-15,25,29H,8,12-13H2,1-3H3/t2*15-,16+;14-,15+. The van der Waals surface area contributed by atoms with Gasteiger partial charge in [-0.3, -0.25) is 14.3 Å². The van der Waals surface area contributed by atoms with Gasteiger partial charge in [0.2, 0.25) is 0 Å². The van der Waals surface area contributed by atoms with Gasteiger partial charge in [0.1, 0.15) is 51.4 Å². The molecule has 4 N–H and O–H groups in total. The first kappa shape index (κ1) is 61.1. The van der Waals surface area contributed by atoms with Crippen molar-refractivity contribution in [3.63, 3.8) is 0 Å². The summed E-state index contributed by atoms with van der Waals surface area (Å²) < 4.78 is 3.63. The number of aromatic hydroxyl groups is 3. The van der Waals surface area contributed by atoms with Crippen molar-refractivity contribution in [2.75, 3.05) is 59.3 Å². The average Bonchev–Trinajstić information content (AvgIpc) is 1.97. The molecule has 14 rings (SSSR count). The van der Waals surface area contributed by atoms with E-state index in [1.54, 1.807) is 47.7 Å². The molecule has 0 saturated carbocycles. The van der Waals surface area contributed by atoms with Gasteiger partial charge in [-0.05, 0) is 158 Å². The van der Waals surface area contributed by atoms with Crippen LogP contribution < -0.4 is 20.0 Å². The SMILES string of the molecule is C[C@@H]1C[C@H](C)CN(c2ccc(-c3ncc(-c4ccc5c(cnn5C)c4)cc3O)nn2)C1.C[C@@H]1C[C@H](C)CN(c2ccc(-c3ncc(-c4ccc5nn(C)cc5c4)cc3O)nn2)C1.Cc1ccc(Nc2cnc(-c3ccc(N4C[C@H](C)C[C@H](C)C4)nn3)c(O)c2)cn1. The van der Waals surface area contributed by atoms with E-state index < -0.39 is 0 Å². The van der Waals surface area contributed by atoms with Crippen molar-refractivity contribution in [1.82, 2.24) is 70.1 Å². The number of rotatable bonds is 10. The topological polar surface area (TPSA) is 247 Å². The Hall–Kier alpha value is -10.2. The van der Waals surface area contributed by atoms with Crippen molar-refractivity contribution in [3.05, 3.63) is 146 Å². The lowest BCUT2D eigenvalue weighted by Gasteiger charge is -2.35. The van der Waals surface area contributed by atoms with Crippen LogP contribution in [-0.4, -0.2) is 125 Å². The molecule has 6 atom stereocenters. The molecule has 0 bridgehead atoms. The highest BCUT2D eigenvalue weighted by molar-refractivity contribution is 5.86. The Balaban J connectivity index is 0.000000132. The number of aryl methyl sites for hydroxylation is 3. The van der Waals surface area contributed by atoms with Crippen LogP contribution in [0.25, 0.3) is 78.2 Å². The Labute approximate surface area is 530 Å². The summed E-state index contributed by atoms with van der Waals surface area (Å²) in [5, 5.41) is 72.0. The van der Waals surface area contributed by atoms with Crippen LogP contribution >= 0.6 is 0 Å². The van der Waals surface area contributed by atoms with Crippen molar-refractivity contribution in [2.24, 2.45) is 49.6 Å². The third-order valence-corrected chi connectivity index (χ3v) is 17.1. The minimum absolute atomic E-state index is 0.0531. The predicted octanol–water partition coefficient (Wildman–Crippen LogP) is 12.7. The summed E-state index contributed by atoms with van der Waals surface area (Å²) in [4.78, 5) is 24.5. The number of anilines is 5. The third kappa shape index (κ3) is 14.3. The summed E-state index contributed by atoms with van der Waals surface area (Å²) in [5.41, 5.74) is 11.1. The smallest absolute Gasteiger partial charge is 0.151 e. The van der Waals surface area contributed by atoms with Crippen molar-refractivity contribution in [3.8, 4) is 73.7 Å². The maximum absolute atomic E-state index is 10.7. The van der Waals surface area contributed by atoms with Crippen LogP contribution in [0.1, 0.15) is 66.5 Å².